The number of carbonyl (C=O) groups excluding carboxylic acids is 1. The zero-order valence-electron chi connectivity index (χ0n) is 14.2. The van der Waals surface area contributed by atoms with Crippen LogP contribution in [-0.4, -0.2) is 44.4 Å². The lowest BCUT2D eigenvalue weighted by molar-refractivity contribution is 0.0102. The zero-order valence-corrected chi connectivity index (χ0v) is 15.0. The fourth-order valence-corrected chi connectivity index (χ4v) is 4.17. The van der Waals surface area contributed by atoms with Crippen LogP contribution in [0, 0.1) is 5.82 Å². The van der Waals surface area contributed by atoms with Crippen molar-refractivity contribution in [3.63, 3.8) is 0 Å². The fourth-order valence-electron chi connectivity index (χ4n) is 2.67. The highest BCUT2D eigenvalue weighted by molar-refractivity contribution is 7.89. The number of halogens is 1. The van der Waals surface area contributed by atoms with E-state index >= 15 is 0 Å². The highest BCUT2D eigenvalue weighted by atomic mass is 32.2. The molecule has 2 aromatic rings. The Morgan fingerprint density at radius 2 is 1.81 bits per heavy atom. The molecule has 1 aliphatic heterocycles. The Morgan fingerprint density at radius 1 is 1.15 bits per heavy atom. The number of anilines is 1. The number of carbonyl (C=O) groups is 1. The van der Waals surface area contributed by atoms with Gasteiger partial charge in [0.25, 0.3) is 5.91 Å². The predicted molar refractivity (Wildman–Crippen MR) is 95.0 cm³/mol. The SMILES string of the molecule is CC1CN(S(=O)(=O)c2ccc(NC(=O)c3ccc(F)cc3)cc2)CCO1. The first-order valence-corrected chi connectivity index (χ1v) is 9.59. The summed E-state index contributed by atoms with van der Waals surface area (Å²) in [6.45, 7) is 2.82. The van der Waals surface area contributed by atoms with Crippen molar-refractivity contribution < 1.29 is 22.3 Å². The van der Waals surface area contributed by atoms with Crippen molar-refractivity contribution in [3.8, 4) is 0 Å². The topological polar surface area (TPSA) is 75.7 Å². The molecule has 1 heterocycles. The van der Waals surface area contributed by atoms with Crippen LogP contribution < -0.4 is 5.32 Å². The summed E-state index contributed by atoms with van der Waals surface area (Å²) in [5.41, 5.74) is 0.763. The van der Waals surface area contributed by atoms with E-state index in [0.717, 1.165) is 0 Å². The maximum Gasteiger partial charge on any atom is 0.255 e. The summed E-state index contributed by atoms with van der Waals surface area (Å²) in [7, 11) is -3.60. The summed E-state index contributed by atoms with van der Waals surface area (Å²) >= 11 is 0. The molecule has 1 saturated heterocycles. The van der Waals surface area contributed by atoms with Crippen molar-refractivity contribution in [1.82, 2.24) is 4.31 Å². The molecule has 6 nitrogen and oxygen atoms in total. The second kappa shape index (κ2) is 7.53. The molecule has 1 atom stereocenters. The van der Waals surface area contributed by atoms with Crippen LogP contribution in [-0.2, 0) is 14.8 Å². The minimum atomic E-state index is -3.60. The lowest BCUT2D eigenvalue weighted by Crippen LogP contribution is -2.44. The highest BCUT2D eigenvalue weighted by Gasteiger charge is 2.29. The molecule has 0 aliphatic carbocycles. The predicted octanol–water partition coefficient (Wildman–Crippen LogP) is 2.49. The summed E-state index contributed by atoms with van der Waals surface area (Å²) < 4.78 is 45.0. The number of benzene rings is 2. The van der Waals surface area contributed by atoms with Gasteiger partial charge >= 0.3 is 0 Å². The molecule has 26 heavy (non-hydrogen) atoms. The van der Waals surface area contributed by atoms with Gasteiger partial charge in [0.1, 0.15) is 5.82 Å². The van der Waals surface area contributed by atoms with E-state index in [1.807, 2.05) is 6.92 Å². The Kier molecular flexibility index (Phi) is 5.36. The van der Waals surface area contributed by atoms with Crippen molar-refractivity contribution in [2.75, 3.05) is 25.0 Å². The third-order valence-electron chi connectivity index (χ3n) is 4.06. The largest absolute Gasteiger partial charge is 0.376 e. The maximum absolute atomic E-state index is 12.9. The number of ether oxygens (including phenoxy) is 1. The van der Waals surface area contributed by atoms with Crippen LogP contribution in [0.4, 0.5) is 10.1 Å². The first-order chi connectivity index (χ1) is 12.4. The van der Waals surface area contributed by atoms with Crippen molar-refractivity contribution in [3.05, 3.63) is 59.9 Å². The lowest BCUT2D eigenvalue weighted by Gasteiger charge is -2.30. The van der Waals surface area contributed by atoms with E-state index in [4.69, 9.17) is 4.74 Å². The molecule has 1 N–H and O–H groups in total. The Hall–Kier alpha value is -2.29. The van der Waals surface area contributed by atoms with E-state index in [0.29, 0.717) is 30.9 Å². The molecule has 3 rings (SSSR count). The van der Waals surface area contributed by atoms with E-state index in [1.165, 1.54) is 52.8 Å². The van der Waals surface area contributed by atoms with Gasteiger partial charge in [-0.1, -0.05) is 0 Å². The number of nitrogens with zero attached hydrogens (tertiary/aromatic N) is 1. The third-order valence-corrected chi connectivity index (χ3v) is 5.94. The van der Waals surface area contributed by atoms with E-state index in [9.17, 15) is 17.6 Å². The standard InChI is InChI=1S/C18H19FN2O4S/c1-13-12-21(10-11-25-13)26(23,24)17-8-6-16(7-9-17)20-18(22)14-2-4-15(19)5-3-14/h2-9,13H,10-12H2,1H3,(H,20,22). The zero-order chi connectivity index (χ0) is 18.7. The van der Waals surface area contributed by atoms with Gasteiger partial charge in [0.15, 0.2) is 0 Å². The molecule has 0 spiro atoms. The Bertz CT molecular complexity index is 882. The summed E-state index contributed by atoms with van der Waals surface area (Å²) in [5, 5.41) is 2.65. The first-order valence-electron chi connectivity index (χ1n) is 8.15. The highest BCUT2D eigenvalue weighted by Crippen LogP contribution is 2.21. The second-order valence-corrected chi connectivity index (χ2v) is 7.97. The molecule has 0 aromatic heterocycles. The van der Waals surface area contributed by atoms with Gasteiger partial charge in [-0.15, -0.1) is 0 Å². The monoisotopic (exact) mass is 378 g/mol. The summed E-state index contributed by atoms with van der Waals surface area (Å²) in [5.74, 6) is -0.823. The van der Waals surface area contributed by atoms with Gasteiger partial charge in [-0.05, 0) is 55.5 Å². The minimum Gasteiger partial charge on any atom is -0.376 e. The van der Waals surface area contributed by atoms with Gasteiger partial charge in [-0.2, -0.15) is 4.31 Å². The molecule has 0 radical (unpaired) electrons. The van der Waals surface area contributed by atoms with E-state index in [2.05, 4.69) is 5.32 Å². The molecule has 1 unspecified atom stereocenters. The molecule has 138 valence electrons. The Balaban J connectivity index is 1.71. The quantitative estimate of drug-likeness (QED) is 0.887. The third kappa shape index (κ3) is 4.09. The molecule has 1 amide bonds. The molecule has 0 saturated carbocycles. The van der Waals surface area contributed by atoms with Crippen molar-refractivity contribution in [2.45, 2.75) is 17.9 Å². The minimum absolute atomic E-state index is 0.146. The Labute approximate surface area is 151 Å². The Morgan fingerprint density at radius 3 is 2.42 bits per heavy atom. The number of hydrogen-bond acceptors (Lipinski definition) is 4. The maximum atomic E-state index is 12.9. The van der Waals surface area contributed by atoms with Crippen LogP contribution in [0.2, 0.25) is 0 Å². The number of morpholine rings is 1. The van der Waals surface area contributed by atoms with Crippen LogP contribution in [0.5, 0.6) is 0 Å². The van der Waals surface area contributed by atoms with Crippen LogP contribution in [0.1, 0.15) is 17.3 Å². The molecule has 1 aliphatic rings. The van der Waals surface area contributed by atoms with E-state index in [-0.39, 0.29) is 11.0 Å². The van der Waals surface area contributed by atoms with Gasteiger partial charge in [-0.25, -0.2) is 12.8 Å². The molecule has 0 bridgehead atoms. The molecular formula is C18H19FN2O4S. The van der Waals surface area contributed by atoms with E-state index in [1.54, 1.807) is 0 Å². The van der Waals surface area contributed by atoms with Crippen molar-refractivity contribution in [1.29, 1.82) is 0 Å². The lowest BCUT2D eigenvalue weighted by atomic mass is 10.2. The number of nitrogens with one attached hydrogen (secondary N) is 1. The molecule has 2 aromatic carbocycles. The van der Waals surface area contributed by atoms with Crippen LogP contribution in [0.15, 0.2) is 53.4 Å². The van der Waals surface area contributed by atoms with Crippen LogP contribution in [0.25, 0.3) is 0 Å². The molecule has 1 fully saturated rings. The summed E-state index contributed by atoms with van der Waals surface area (Å²) in [6.07, 6.45) is -0.146. The van der Waals surface area contributed by atoms with Gasteiger partial charge in [0, 0.05) is 24.3 Å². The van der Waals surface area contributed by atoms with Gasteiger partial charge < -0.3 is 10.1 Å². The molecular weight excluding hydrogens is 359 g/mol. The van der Waals surface area contributed by atoms with Gasteiger partial charge in [-0.3, -0.25) is 4.79 Å². The van der Waals surface area contributed by atoms with Crippen molar-refractivity contribution >= 4 is 21.6 Å². The average Bonchev–Trinajstić information content (AvgIpc) is 2.62. The number of rotatable bonds is 4. The number of hydrogen-bond donors (Lipinski definition) is 1. The van der Waals surface area contributed by atoms with Gasteiger partial charge in [0.05, 0.1) is 17.6 Å². The average molecular weight is 378 g/mol. The van der Waals surface area contributed by atoms with Crippen LogP contribution in [0.3, 0.4) is 0 Å². The van der Waals surface area contributed by atoms with E-state index < -0.39 is 21.7 Å². The number of sulfonamides is 1. The normalized spacial score (nSPS) is 18.5. The fraction of sp³-hybridized carbons (Fsp3) is 0.278. The molecule has 8 heteroatoms. The summed E-state index contributed by atoms with van der Waals surface area (Å²) in [6, 6.07) is 11.1. The summed E-state index contributed by atoms with van der Waals surface area (Å²) in [4.78, 5) is 12.3. The first kappa shape index (κ1) is 18.5. The van der Waals surface area contributed by atoms with Crippen LogP contribution >= 0.6 is 0 Å². The van der Waals surface area contributed by atoms with Crippen molar-refractivity contribution in [2.24, 2.45) is 0 Å². The second-order valence-electron chi connectivity index (χ2n) is 6.03. The number of amides is 1. The smallest absolute Gasteiger partial charge is 0.255 e. The van der Waals surface area contributed by atoms with Gasteiger partial charge in [0.2, 0.25) is 10.0 Å².